The van der Waals surface area contributed by atoms with Gasteiger partial charge in [-0.3, -0.25) is 4.79 Å². The van der Waals surface area contributed by atoms with Crippen molar-refractivity contribution in [3.63, 3.8) is 0 Å². The van der Waals surface area contributed by atoms with Crippen LogP contribution in [-0.4, -0.2) is 34.6 Å². The number of hydrogen-bond acceptors (Lipinski definition) is 5. The van der Waals surface area contributed by atoms with Crippen molar-refractivity contribution >= 4 is 5.91 Å². The van der Waals surface area contributed by atoms with Crippen LogP contribution in [0.5, 0.6) is 5.75 Å². The van der Waals surface area contributed by atoms with E-state index < -0.39 is 0 Å². The van der Waals surface area contributed by atoms with Crippen molar-refractivity contribution in [1.29, 1.82) is 10.5 Å². The van der Waals surface area contributed by atoms with Gasteiger partial charge in [0.25, 0.3) is 5.91 Å². The average molecular weight is 391 g/mol. The summed E-state index contributed by atoms with van der Waals surface area (Å²) < 4.78 is 5.64. The molecule has 1 amide bonds. The van der Waals surface area contributed by atoms with Gasteiger partial charge in [0.05, 0.1) is 12.2 Å². The zero-order valence-corrected chi connectivity index (χ0v) is 17.1. The van der Waals surface area contributed by atoms with Gasteiger partial charge in [-0.2, -0.15) is 10.5 Å². The SMILES string of the molecule is CC(C)N(C(=O)COc1ccc(-c2ccc(CO)cc2)c(C#N)c1C#N)C(C)C. The number of nitrogens with zero attached hydrogens (tertiary/aromatic N) is 3. The Bertz CT molecular complexity index is 943. The topological polar surface area (TPSA) is 97.3 Å². The lowest BCUT2D eigenvalue weighted by molar-refractivity contribution is -0.136. The van der Waals surface area contributed by atoms with E-state index in [-0.39, 0.29) is 48.1 Å². The molecule has 0 saturated carbocycles. The van der Waals surface area contributed by atoms with Crippen LogP contribution < -0.4 is 4.74 Å². The van der Waals surface area contributed by atoms with Crippen molar-refractivity contribution in [2.45, 2.75) is 46.4 Å². The number of amides is 1. The second-order valence-electron chi connectivity index (χ2n) is 7.22. The van der Waals surface area contributed by atoms with E-state index in [0.29, 0.717) is 5.56 Å². The quantitative estimate of drug-likeness (QED) is 0.777. The first-order valence-electron chi connectivity index (χ1n) is 9.45. The Morgan fingerprint density at radius 2 is 1.59 bits per heavy atom. The highest BCUT2D eigenvalue weighted by atomic mass is 16.5. The Kier molecular flexibility index (Phi) is 7.36. The highest BCUT2D eigenvalue weighted by molar-refractivity contribution is 5.79. The Morgan fingerprint density at radius 3 is 2.07 bits per heavy atom. The van der Waals surface area contributed by atoms with Gasteiger partial charge in [-0.1, -0.05) is 24.3 Å². The summed E-state index contributed by atoms with van der Waals surface area (Å²) in [6.07, 6.45) is 0. The van der Waals surface area contributed by atoms with Crippen LogP contribution in [0.25, 0.3) is 11.1 Å². The van der Waals surface area contributed by atoms with Gasteiger partial charge in [0.15, 0.2) is 6.61 Å². The first-order chi connectivity index (χ1) is 13.8. The van der Waals surface area contributed by atoms with Gasteiger partial charge in [-0.05, 0) is 51.0 Å². The summed E-state index contributed by atoms with van der Waals surface area (Å²) in [5.41, 5.74) is 2.40. The third-order valence-electron chi connectivity index (χ3n) is 4.59. The molecule has 6 nitrogen and oxygen atoms in total. The van der Waals surface area contributed by atoms with E-state index >= 15 is 0 Å². The Morgan fingerprint density at radius 1 is 1.00 bits per heavy atom. The summed E-state index contributed by atoms with van der Waals surface area (Å²) in [7, 11) is 0. The molecule has 150 valence electrons. The molecule has 0 aliphatic carbocycles. The van der Waals surface area contributed by atoms with Crippen molar-refractivity contribution in [2.75, 3.05) is 6.61 Å². The van der Waals surface area contributed by atoms with Crippen molar-refractivity contribution < 1.29 is 14.6 Å². The van der Waals surface area contributed by atoms with E-state index in [1.165, 1.54) is 0 Å². The van der Waals surface area contributed by atoms with Crippen LogP contribution in [0.2, 0.25) is 0 Å². The first kappa shape index (κ1) is 21.9. The minimum atomic E-state index is -0.208. The molecule has 0 unspecified atom stereocenters. The second-order valence-corrected chi connectivity index (χ2v) is 7.22. The smallest absolute Gasteiger partial charge is 0.260 e. The summed E-state index contributed by atoms with van der Waals surface area (Å²) in [6.45, 7) is 7.46. The number of ether oxygens (including phenoxy) is 1. The van der Waals surface area contributed by atoms with E-state index in [2.05, 4.69) is 6.07 Å². The maximum absolute atomic E-state index is 12.5. The zero-order chi connectivity index (χ0) is 21.6. The van der Waals surface area contributed by atoms with E-state index in [9.17, 15) is 20.4 Å². The van der Waals surface area contributed by atoms with Crippen molar-refractivity contribution in [1.82, 2.24) is 4.90 Å². The molecule has 2 aromatic rings. The molecule has 0 bridgehead atoms. The van der Waals surface area contributed by atoms with Crippen molar-refractivity contribution in [3.05, 3.63) is 53.1 Å². The van der Waals surface area contributed by atoms with E-state index in [1.807, 2.05) is 33.8 Å². The number of nitriles is 2. The molecule has 0 atom stereocenters. The monoisotopic (exact) mass is 391 g/mol. The summed E-state index contributed by atoms with van der Waals surface area (Å²) in [5, 5.41) is 28.5. The third kappa shape index (κ3) is 4.93. The van der Waals surface area contributed by atoms with Gasteiger partial charge in [0.2, 0.25) is 0 Å². The van der Waals surface area contributed by atoms with E-state index in [4.69, 9.17) is 4.74 Å². The normalized spacial score (nSPS) is 10.5. The van der Waals surface area contributed by atoms with Crippen LogP contribution >= 0.6 is 0 Å². The molecular weight excluding hydrogens is 366 g/mol. The molecule has 0 fully saturated rings. The lowest BCUT2D eigenvalue weighted by Gasteiger charge is -2.30. The molecule has 0 spiro atoms. The van der Waals surface area contributed by atoms with Crippen LogP contribution in [0.15, 0.2) is 36.4 Å². The van der Waals surface area contributed by atoms with Crippen LogP contribution in [0.1, 0.15) is 44.4 Å². The van der Waals surface area contributed by atoms with Gasteiger partial charge in [-0.25, -0.2) is 0 Å². The predicted molar refractivity (Wildman–Crippen MR) is 110 cm³/mol. The molecule has 0 radical (unpaired) electrons. The molecule has 1 N–H and O–H groups in total. The largest absolute Gasteiger partial charge is 0.482 e. The molecular formula is C23H25N3O3. The maximum atomic E-state index is 12.5. The zero-order valence-electron chi connectivity index (χ0n) is 17.1. The number of carbonyl (C=O) groups excluding carboxylic acids is 1. The molecule has 0 aromatic heterocycles. The third-order valence-corrected chi connectivity index (χ3v) is 4.59. The predicted octanol–water partition coefficient (Wildman–Crippen LogP) is 3.61. The van der Waals surface area contributed by atoms with Gasteiger partial charge >= 0.3 is 0 Å². The molecule has 0 aliphatic heterocycles. The first-order valence-corrected chi connectivity index (χ1v) is 9.45. The van der Waals surface area contributed by atoms with E-state index in [0.717, 1.165) is 11.1 Å². The van der Waals surface area contributed by atoms with Crippen LogP contribution in [0.4, 0.5) is 0 Å². The number of benzene rings is 2. The lowest BCUT2D eigenvalue weighted by Crippen LogP contribution is -2.44. The van der Waals surface area contributed by atoms with Crippen LogP contribution in [-0.2, 0) is 11.4 Å². The van der Waals surface area contributed by atoms with Crippen LogP contribution in [0.3, 0.4) is 0 Å². The Labute approximate surface area is 171 Å². The average Bonchev–Trinajstić information content (AvgIpc) is 2.70. The van der Waals surface area contributed by atoms with Crippen LogP contribution in [0, 0.1) is 22.7 Å². The number of carbonyl (C=O) groups is 1. The van der Waals surface area contributed by atoms with Gasteiger partial charge in [0, 0.05) is 17.6 Å². The maximum Gasteiger partial charge on any atom is 0.260 e. The Hall–Kier alpha value is -3.35. The molecule has 6 heteroatoms. The molecule has 0 saturated heterocycles. The molecule has 2 aromatic carbocycles. The molecule has 29 heavy (non-hydrogen) atoms. The number of aliphatic hydroxyl groups is 1. The fourth-order valence-corrected chi connectivity index (χ4v) is 3.35. The molecule has 0 heterocycles. The van der Waals surface area contributed by atoms with E-state index in [1.54, 1.807) is 41.3 Å². The number of rotatable bonds is 7. The molecule has 0 aliphatic rings. The highest BCUT2D eigenvalue weighted by Gasteiger charge is 2.22. The highest BCUT2D eigenvalue weighted by Crippen LogP contribution is 2.31. The van der Waals surface area contributed by atoms with Crippen molar-refractivity contribution in [3.8, 4) is 29.0 Å². The van der Waals surface area contributed by atoms with Gasteiger partial charge < -0.3 is 14.7 Å². The summed E-state index contributed by atoms with van der Waals surface area (Å²) in [5.74, 6) is 0.0293. The minimum Gasteiger partial charge on any atom is -0.482 e. The summed E-state index contributed by atoms with van der Waals surface area (Å²) in [6, 6.07) is 14.6. The summed E-state index contributed by atoms with van der Waals surface area (Å²) in [4.78, 5) is 14.3. The van der Waals surface area contributed by atoms with Gasteiger partial charge in [-0.15, -0.1) is 0 Å². The summed E-state index contributed by atoms with van der Waals surface area (Å²) >= 11 is 0. The minimum absolute atomic E-state index is 0.0282. The molecule has 2 rings (SSSR count). The van der Waals surface area contributed by atoms with Crippen molar-refractivity contribution in [2.24, 2.45) is 0 Å². The fraction of sp³-hybridized carbons (Fsp3) is 0.348. The number of aliphatic hydroxyl groups excluding tert-OH is 1. The fourth-order valence-electron chi connectivity index (χ4n) is 3.35. The Balaban J connectivity index is 2.34. The van der Waals surface area contributed by atoms with Gasteiger partial charge in [0.1, 0.15) is 23.5 Å². The second kappa shape index (κ2) is 9.73. The standard InChI is InChI=1S/C23H25N3O3/c1-15(2)26(16(3)4)23(28)14-29-22-10-9-19(20(11-24)21(22)12-25)18-7-5-17(13-27)6-8-18/h5-10,15-16,27H,13-14H2,1-4H3. The lowest BCUT2D eigenvalue weighted by atomic mass is 9.95. The number of hydrogen-bond donors (Lipinski definition) is 1.